The van der Waals surface area contributed by atoms with Crippen LogP contribution in [-0.4, -0.2) is 36.6 Å². The first kappa shape index (κ1) is 14.5. The van der Waals surface area contributed by atoms with Crippen LogP contribution in [0.1, 0.15) is 45.1 Å². The highest BCUT2D eigenvalue weighted by molar-refractivity contribution is 5.21. The van der Waals surface area contributed by atoms with E-state index in [2.05, 4.69) is 61.3 Å². The number of nitrogens with one attached hydrogen (secondary N) is 1. The Balaban J connectivity index is 2.06. The molecular weight excluding hydrogens is 232 g/mol. The number of nitrogens with zero attached hydrogens (tertiary/aromatic N) is 1. The van der Waals surface area contributed by atoms with Crippen molar-refractivity contribution < 1.29 is 0 Å². The standard InChI is InChI=1S/C17H28N2/c1-4-10-18-17-11-16(12-19(13-17)14(2)3)15-8-6-5-7-9-15/h5-9,14,16-18H,4,10-13H2,1-3H3. The molecule has 2 unspecified atom stereocenters. The van der Waals surface area contributed by atoms with Crippen LogP contribution in [0.25, 0.3) is 0 Å². The predicted octanol–water partition coefficient (Wildman–Crippen LogP) is 3.25. The zero-order valence-corrected chi connectivity index (χ0v) is 12.6. The summed E-state index contributed by atoms with van der Waals surface area (Å²) in [5.74, 6) is 0.673. The van der Waals surface area contributed by atoms with Crippen LogP contribution >= 0.6 is 0 Å². The van der Waals surface area contributed by atoms with Gasteiger partial charge in [0.05, 0.1) is 0 Å². The van der Waals surface area contributed by atoms with Crippen molar-refractivity contribution in [3.05, 3.63) is 35.9 Å². The minimum absolute atomic E-state index is 0.637. The van der Waals surface area contributed by atoms with Gasteiger partial charge in [0.15, 0.2) is 0 Å². The first-order valence-corrected chi connectivity index (χ1v) is 7.73. The van der Waals surface area contributed by atoms with Crippen LogP contribution in [0.5, 0.6) is 0 Å². The largest absolute Gasteiger partial charge is 0.313 e. The summed E-state index contributed by atoms with van der Waals surface area (Å²) in [7, 11) is 0. The molecular formula is C17H28N2. The quantitative estimate of drug-likeness (QED) is 0.874. The topological polar surface area (TPSA) is 15.3 Å². The average Bonchev–Trinajstić information content (AvgIpc) is 2.45. The fourth-order valence-corrected chi connectivity index (χ4v) is 3.02. The van der Waals surface area contributed by atoms with E-state index in [0.29, 0.717) is 18.0 Å². The fraction of sp³-hybridized carbons (Fsp3) is 0.647. The van der Waals surface area contributed by atoms with Crippen LogP contribution in [0.2, 0.25) is 0 Å². The molecule has 1 aliphatic heterocycles. The van der Waals surface area contributed by atoms with Crippen LogP contribution in [-0.2, 0) is 0 Å². The van der Waals surface area contributed by atoms with Crippen molar-refractivity contribution in [3.63, 3.8) is 0 Å². The van der Waals surface area contributed by atoms with Crippen molar-refractivity contribution in [1.82, 2.24) is 10.2 Å². The average molecular weight is 260 g/mol. The van der Waals surface area contributed by atoms with E-state index in [4.69, 9.17) is 0 Å². The molecule has 1 aromatic rings. The first-order chi connectivity index (χ1) is 9.20. The lowest BCUT2D eigenvalue weighted by Gasteiger charge is -2.40. The maximum atomic E-state index is 3.71. The number of likely N-dealkylation sites (tertiary alicyclic amines) is 1. The van der Waals surface area contributed by atoms with Gasteiger partial charge in [0.2, 0.25) is 0 Å². The summed E-state index contributed by atoms with van der Waals surface area (Å²) in [6.07, 6.45) is 2.49. The van der Waals surface area contributed by atoms with Crippen LogP contribution in [0.4, 0.5) is 0 Å². The van der Waals surface area contributed by atoms with Crippen molar-refractivity contribution >= 4 is 0 Å². The summed E-state index contributed by atoms with van der Waals surface area (Å²) in [6.45, 7) is 10.4. The minimum Gasteiger partial charge on any atom is -0.313 e. The Hall–Kier alpha value is -0.860. The maximum absolute atomic E-state index is 3.71. The number of piperidine rings is 1. The highest BCUT2D eigenvalue weighted by Crippen LogP contribution is 2.28. The van der Waals surface area contributed by atoms with Gasteiger partial charge in [-0.05, 0) is 44.7 Å². The normalized spacial score (nSPS) is 24.8. The predicted molar refractivity (Wildman–Crippen MR) is 82.6 cm³/mol. The maximum Gasteiger partial charge on any atom is 0.0201 e. The molecule has 0 spiro atoms. The number of hydrogen-bond acceptors (Lipinski definition) is 2. The molecule has 1 aliphatic rings. The van der Waals surface area contributed by atoms with E-state index in [-0.39, 0.29) is 0 Å². The van der Waals surface area contributed by atoms with E-state index < -0.39 is 0 Å². The van der Waals surface area contributed by atoms with Crippen LogP contribution < -0.4 is 5.32 Å². The van der Waals surface area contributed by atoms with Crippen molar-refractivity contribution in [2.24, 2.45) is 0 Å². The van der Waals surface area contributed by atoms with E-state index in [1.807, 2.05) is 0 Å². The third-order valence-corrected chi connectivity index (χ3v) is 4.16. The van der Waals surface area contributed by atoms with Crippen LogP contribution in [0.3, 0.4) is 0 Å². The Bertz CT molecular complexity index is 361. The smallest absolute Gasteiger partial charge is 0.0201 e. The van der Waals surface area contributed by atoms with Crippen molar-refractivity contribution in [3.8, 4) is 0 Å². The van der Waals surface area contributed by atoms with E-state index in [1.54, 1.807) is 0 Å². The zero-order chi connectivity index (χ0) is 13.7. The summed E-state index contributed by atoms with van der Waals surface area (Å²) in [6, 6.07) is 12.3. The minimum atomic E-state index is 0.637. The van der Waals surface area contributed by atoms with Gasteiger partial charge in [-0.3, -0.25) is 4.90 Å². The van der Waals surface area contributed by atoms with Crippen molar-refractivity contribution in [2.45, 2.75) is 51.6 Å². The van der Waals surface area contributed by atoms with Gasteiger partial charge in [0, 0.05) is 25.2 Å². The molecule has 1 saturated heterocycles. The molecule has 0 bridgehead atoms. The summed E-state index contributed by atoms with van der Waals surface area (Å²) in [5, 5.41) is 3.71. The second-order valence-electron chi connectivity index (χ2n) is 6.04. The molecule has 2 rings (SSSR count). The Labute approximate surface area is 118 Å². The fourth-order valence-electron chi connectivity index (χ4n) is 3.02. The molecule has 0 amide bonds. The SMILES string of the molecule is CCCNC1CC(c2ccccc2)CN(C(C)C)C1. The number of benzene rings is 1. The molecule has 1 fully saturated rings. The second kappa shape index (κ2) is 7.06. The van der Waals surface area contributed by atoms with E-state index in [0.717, 1.165) is 6.54 Å². The molecule has 2 heteroatoms. The van der Waals surface area contributed by atoms with Crippen LogP contribution in [0, 0.1) is 0 Å². The van der Waals surface area contributed by atoms with E-state index in [1.165, 1.54) is 31.5 Å². The lowest BCUT2D eigenvalue weighted by Crippen LogP contribution is -2.50. The Morgan fingerprint density at radius 2 is 1.95 bits per heavy atom. The molecule has 1 N–H and O–H groups in total. The number of hydrogen-bond donors (Lipinski definition) is 1. The van der Waals surface area contributed by atoms with Crippen LogP contribution in [0.15, 0.2) is 30.3 Å². The molecule has 0 aromatic heterocycles. The summed E-state index contributed by atoms with van der Waals surface area (Å²) < 4.78 is 0. The Morgan fingerprint density at radius 1 is 1.21 bits per heavy atom. The second-order valence-corrected chi connectivity index (χ2v) is 6.04. The summed E-state index contributed by atoms with van der Waals surface area (Å²) >= 11 is 0. The van der Waals surface area contributed by atoms with Gasteiger partial charge >= 0.3 is 0 Å². The summed E-state index contributed by atoms with van der Waals surface area (Å²) in [4.78, 5) is 2.62. The van der Waals surface area contributed by atoms with Gasteiger partial charge in [0.25, 0.3) is 0 Å². The molecule has 2 nitrogen and oxygen atoms in total. The highest BCUT2D eigenvalue weighted by atomic mass is 15.2. The zero-order valence-electron chi connectivity index (χ0n) is 12.6. The van der Waals surface area contributed by atoms with Gasteiger partial charge in [-0.25, -0.2) is 0 Å². The Kier molecular flexibility index (Phi) is 5.41. The van der Waals surface area contributed by atoms with Gasteiger partial charge < -0.3 is 5.32 Å². The molecule has 1 heterocycles. The first-order valence-electron chi connectivity index (χ1n) is 7.73. The van der Waals surface area contributed by atoms with Crippen molar-refractivity contribution in [2.75, 3.05) is 19.6 Å². The Morgan fingerprint density at radius 3 is 2.58 bits per heavy atom. The molecule has 1 aromatic carbocycles. The van der Waals surface area contributed by atoms with Gasteiger partial charge in [-0.1, -0.05) is 37.3 Å². The van der Waals surface area contributed by atoms with Gasteiger partial charge in [0.1, 0.15) is 0 Å². The monoisotopic (exact) mass is 260 g/mol. The highest BCUT2D eigenvalue weighted by Gasteiger charge is 2.28. The third-order valence-electron chi connectivity index (χ3n) is 4.16. The van der Waals surface area contributed by atoms with Crippen molar-refractivity contribution in [1.29, 1.82) is 0 Å². The van der Waals surface area contributed by atoms with Gasteiger partial charge in [-0.15, -0.1) is 0 Å². The molecule has 0 aliphatic carbocycles. The lowest BCUT2D eigenvalue weighted by atomic mass is 9.87. The molecule has 106 valence electrons. The molecule has 19 heavy (non-hydrogen) atoms. The molecule has 0 saturated carbocycles. The van der Waals surface area contributed by atoms with E-state index in [9.17, 15) is 0 Å². The lowest BCUT2D eigenvalue weighted by molar-refractivity contribution is 0.138. The van der Waals surface area contributed by atoms with E-state index >= 15 is 0 Å². The molecule has 0 radical (unpaired) electrons. The number of rotatable bonds is 5. The third kappa shape index (κ3) is 4.05. The van der Waals surface area contributed by atoms with Gasteiger partial charge in [-0.2, -0.15) is 0 Å². The summed E-state index contributed by atoms with van der Waals surface area (Å²) in [5.41, 5.74) is 1.50. The molecule has 2 atom stereocenters.